The summed E-state index contributed by atoms with van der Waals surface area (Å²) in [5.74, 6) is 1.01. The molecule has 3 rings (SSSR count). The maximum atomic E-state index is 12.2. The highest BCUT2D eigenvalue weighted by molar-refractivity contribution is 9.10. The lowest BCUT2D eigenvalue weighted by Gasteiger charge is -2.10. The van der Waals surface area contributed by atoms with Crippen LogP contribution in [0.4, 0.5) is 5.69 Å². The average Bonchev–Trinajstić information content (AvgIpc) is 2.95. The largest absolute Gasteiger partial charge is 0.493 e. The summed E-state index contributed by atoms with van der Waals surface area (Å²) in [5, 5.41) is 3.32. The fraction of sp³-hybridized carbons (Fsp3) is 0.111. The van der Waals surface area contributed by atoms with E-state index in [4.69, 9.17) is 9.47 Å². The number of amidine groups is 1. The van der Waals surface area contributed by atoms with Crippen molar-refractivity contribution in [3.8, 4) is 11.5 Å². The Balaban J connectivity index is 1.87. The Hall–Kier alpha value is -1.77. The molecule has 1 aliphatic heterocycles. The number of aliphatic imine (C=N–C) groups is 1. The first-order valence-corrected chi connectivity index (χ1v) is 9.87. The summed E-state index contributed by atoms with van der Waals surface area (Å²) in [7, 11) is 3.15. The SMILES string of the molecule is COc1cc(/C=C2\SC(=Nc3ccc(Br)cc3)NC2=O)cc(Br)c1OC. The summed E-state index contributed by atoms with van der Waals surface area (Å²) in [6, 6.07) is 11.2. The van der Waals surface area contributed by atoms with Crippen LogP contribution in [0.25, 0.3) is 6.08 Å². The molecule has 2 aromatic carbocycles. The molecule has 0 aliphatic carbocycles. The Labute approximate surface area is 172 Å². The van der Waals surface area contributed by atoms with Crippen molar-refractivity contribution in [2.45, 2.75) is 0 Å². The van der Waals surface area contributed by atoms with Crippen LogP contribution < -0.4 is 14.8 Å². The Morgan fingerprint density at radius 1 is 1.12 bits per heavy atom. The molecule has 1 amide bonds. The first-order valence-electron chi connectivity index (χ1n) is 7.47. The van der Waals surface area contributed by atoms with Crippen molar-refractivity contribution in [2.24, 2.45) is 4.99 Å². The molecule has 0 radical (unpaired) electrons. The van der Waals surface area contributed by atoms with E-state index in [2.05, 4.69) is 42.2 Å². The summed E-state index contributed by atoms with van der Waals surface area (Å²) in [5.41, 5.74) is 1.59. The number of hydrogen-bond donors (Lipinski definition) is 1. The van der Waals surface area contributed by atoms with Gasteiger partial charge in [-0.05, 0) is 75.7 Å². The molecule has 134 valence electrons. The predicted octanol–water partition coefficient (Wildman–Crippen LogP) is 5.12. The standard InChI is InChI=1S/C18H14Br2N2O3S/c1-24-14-8-10(7-13(20)16(14)25-2)9-15-17(23)22-18(26-15)21-12-5-3-11(19)4-6-12/h3-9H,1-2H3,(H,21,22,23)/b15-9-. The van der Waals surface area contributed by atoms with Crippen LogP contribution in [0, 0.1) is 0 Å². The predicted molar refractivity (Wildman–Crippen MR) is 112 cm³/mol. The monoisotopic (exact) mass is 496 g/mol. The summed E-state index contributed by atoms with van der Waals surface area (Å²) in [6.07, 6.45) is 1.79. The van der Waals surface area contributed by atoms with Crippen LogP contribution in [-0.4, -0.2) is 25.3 Å². The Morgan fingerprint density at radius 3 is 2.50 bits per heavy atom. The zero-order valence-corrected chi connectivity index (χ0v) is 17.9. The molecule has 2 aromatic rings. The Morgan fingerprint density at radius 2 is 1.85 bits per heavy atom. The zero-order valence-electron chi connectivity index (χ0n) is 13.9. The van der Waals surface area contributed by atoms with Gasteiger partial charge in [0.15, 0.2) is 16.7 Å². The van der Waals surface area contributed by atoms with E-state index in [1.165, 1.54) is 11.8 Å². The minimum atomic E-state index is -0.184. The lowest BCUT2D eigenvalue weighted by Crippen LogP contribution is -2.19. The van der Waals surface area contributed by atoms with Crippen molar-refractivity contribution in [3.05, 3.63) is 55.8 Å². The van der Waals surface area contributed by atoms with E-state index < -0.39 is 0 Å². The van der Waals surface area contributed by atoms with Gasteiger partial charge in [0.25, 0.3) is 5.91 Å². The fourth-order valence-corrected chi connectivity index (χ4v) is 4.01. The van der Waals surface area contributed by atoms with Crippen LogP contribution in [-0.2, 0) is 4.79 Å². The van der Waals surface area contributed by atoms with Gasteiger partial charge in [-0.1, -0.05) is 15.9 Å². The number of nitrogens with one attached hydrogen (secondary N) is 1. The minimum Gasteiger partial charge on any atom is -0.493 e. The normalized spacial score (nSPS) is 16.8. The first kappa shape index (κ1) is 19.0. The number of thioether (sulfide) groups is 1. The van der Waals surface area contributed by atoms with Gasteiger partial charge in [0.05, 0.1) is 29.3 Å². The van der Waals surface area contributed by atoms with Crippen LogP contribution in [0.1, 0.15) is 5.56 Å². The number of carbonyl (C=O) groups is 1. The number of amides is 1. The van der Waals surface area contributed by atoms with Crippen molar-refractivity contribution in [3.63, 3.8) is 0 Å². The number of nitrogens with zero attached hydrogens (tertiary/aromatic N) is 1. The second kappa shape index (κ2) is 8.28. The van der Waals surface area contributed by atoms with Crippen LogP contribution in [0.3, 0.4) is 0 Å². The number of rotatable bonds is 4. The molecular weight excluding hydrogens is 484 g/mol. The quantitative estimate of drug-likeness (QED) is 0.595. The minimum absolute atomic E-state index is 0.184. The molecule has 1 saturated heterocycles. The summed E-state index contributed by atoms with van der Waals surface area (Å²) in [6.45, 7) is 0. The molecule has 0 bridgehead atoms. The number of halogens is 2. The van der Waals surface area contributed by atoms with Gasteiger partial charge in [-0.25, -0.2) is 4.99 Å². The number of carbonyl (C=O) groups excluding carboxylic acids is 1. The maximum absolute atomic E-state index is 12.2. The van der Waals surface area contributed by atoms with Gasteiger partial charge >= 0.3 is 0 Å². The van der Waals surface area contributed by atoms with Crippen molar-refractivity contribution in [1.82, 2.24) is 5.32 Å². The molecule has 0 spiro atoms. The van der Waals surface area contributed by atoms with E-state index in [1.54, 1.807) is 20.3 Å². The smallest absolute Gasteiger partial charge is 0.264 e. The summed E-state index contributed by atoms with van der Waals surface area (Å²) >= 11 is 8.14. The van der Waals surface area contributed by atoms with Crippen molar-refractivity contribution in [2.75, 3.05) is 14.2 Å². The summed E-state index contributed by atoms with van der Waals surface area (Å²) < 4.78 is 12.4. The van der Waals surface area contributed by atoms with Gasteiger partial charge in [0, 0.05) is 4.47 Å². The van der Waals surface area contributed by atoms with Gasteiger partial charge in [-0.2, -0.15) is 0 Å². The second-order valence-electron chi connectivity index (χ2n) is 5.20. The fourth-order valence-electron chi connectivity index (χ4n) is 2.29. The zero-order chi connectivity index (χ0) is 18.7. The van der Waals surface area contributed by atoms with Gasteiger partial charge in [-0.3, -0.25) is 4.79 Å². The van der Waals surface area contributed by atoms with Gasteiger partial charge in [0.2, 0.25) is 0 Å². The lowest BCUT2D eigenvalue weighted by molar-refractivity contribution is -0.115. The maximum Gasteiger partial charge on any atom is 0.264 e. The molecule has 0 unspecified atom stereocenters. The summed E-state index contributed by atoms with van der Waals surface area (Å²) in [4.78, 5) is 17.2. The molecule has 0 saturated carbocycles. The van der Waals surface area contributed by atoms with Crippen LogP contribution in [0.2, 0.25) is 0 Å². The molecule has 1 N–H and O–H groups in total. The highest BCUT2D eigenvalue weighted by atomic mass is 79.9. The second-order valence-corrected chi connectivity index (χ2v) is 8.00. The van der Waals surface area contributed by atoms with Gasteiger partial charge in [-0.15, -0.1) is 0 Å². The highest BCUT2D eigenvalue weighted by Crippen LogP contribution is 2.38. The average molecular weight is 498 g/mol. The molecule has 1 aliphatic rings. The van der Waals surface area contributed by atoms with Crippen molar-refractivity contribution in [1.29, 1.82) is 0 Å². The first-order chi connectivity index (χ1) is 12.5. The van der Waals surface area contributed by atoms with E-state index >= 15 is 0 Å². The molecule has 8 heteroatoms. The molecular formula is C18H14Br2N2O3S. The van der Waals surface area contributed by atoms with Crippen LogP contribution >= 0.6 is 43.6 Å². The number of methoxy groups -OCH3 is 2. The number of ether oxygens (including phenoxy) is 2. The van der Waals surface area contributed by atoms with Crippen molar-refractivity contribution < 1.29 is 14.3 Å². The van der Waals surface area contributed by atoms with Crippen LogP contribution in [0.15, 0.2) is 55.2 Å². The Kier molecular flexibility index (Phi) is 6.05. The van der Waals surface area contributed by atoms with E-state index in [9.17, 15) is 4.79 Å². The topological polar surface area (TPSA) is 59.9 Å². The van der Waals surface area contributed by atoms with E-state index in [1.807, 2.05) is 36.4 Å². The lowest BCUT2D eigenvalue weighted by atomic mass is 10.2. The molecule has 1 heterocycles. The van der Waals surface area contributed by atoms with Gasteiger partial charge < -0.3 is 14.8 Å². The molecule has 1 fully saturated rings. The third-order valence-corrected chi connectivity index (χ3v) is 5.49. The highest BCUT2D eigenvalue weighted by Gasteiger charge is 2.24. The van der Waals surface area contributed by atoms with E-state index in [0.717, 1.165) is 20.2 Å². The van der Waals surface area contributed by atoms with Gasteiger partial charge in [0.1, 0.15) is 0 Å². The van der Waals surface area contributed by atoms with Crippen LogP contribution in [0.5, 0.6) is 11.5 Å². The van der Waals surface area contributed by atoms with E-state index in [0.29, 0.717) is 21.6 Å². The number of hydrogen-bond acceptors (Lipinski definition) is 5. The number of benzene rings is 2. The molecule has 5 nitrogen and oxygen atoms in total. The molecule has 0 aromatic heterocycles. The third-order valence-electron chi connectivity index (χ3n) is 3.46. The third kappa shape index (κ3) is 4.31. The van der Waals surface area contributed by atoms with E-state index in [-0.39, 0.29) is 5.91 Å². The molecule has 0 atom stereocenters. The molecule has 26 heavy (non-hydrogen) atoms. The Bertz CT molecular complexity index is 911. The van der Waals surface area contributed by atoms with Crippen molar-refractivity contribution >= 4 is 66.5 Å².